The Balaban J connectivity index is 2.17. The number of aromatic nitrogens is 1. The van der Waals surface area contributed by atoms with E-state index in [1.165, 1.54) is 11.1 Å². The van der Waals surface area contributed by atoms with Gasteiger partial charge in [-0.15, -0.1) is 0 Å². The van der Waals surface area contributed by atoms with Gasteiger partial charge in [-0.3, -0.25) is 4.98 Å². The summed E-state index contributed by atoms with van der Waals surface area (Å²) in [6, 6.07) is 2.10. The number of aliphatic hydroxyl groups is 1. The maximum Gasteiger partial charge on any atom is 0.0615 e. The molecular formula is C10H11NO. The number of nitrogens with zero attached hydrogens (tertiary/aromatic N) is 1. The first-order chi connectivity index (χ1) is 5.86. The second-order valence-corrected chi connectivity index (χ2v) is 3.85. The molecular weight excluding hydrogens is 150 g/mol. The van der Waals surface area contributed by atoms with Crippen molar-refractivity contribution in [1.82, 2.24) is 4.98 Å². The number of hydrogen-bond acceptors (Lipinski definition) is 2. The number of aliphatic hydroxyl groups excluding tert-OH is 1. The van der Waals surface area contributed by atoms with E-state index >= 15 is 0 Å². The molecule has 0 aliphatic heterocycles. The van der Waals surface area contributed by atoms with Gasteiger partial charge in [-0.25, -0.2) is 0 Å². The maximum atomic E-state index is 9.64. The van der Waals surface area contributed by atoms with E-state index in [1.54, 1.807) is 0 Å². The molecule has 0 aromatic carbocycles. The quantitative estimate of drug-likeness (QED) is 0.624. The fourth-order valence-corrected chi connectivity index (χ4v) is 2.70. The van der Waals surface area contributed by atoms with Gasteiger partial charge in [-0.2, -0.15) is 0 Å². The first-order valence-corrected chi connectivity index (χ1v) is 4.48. The third kappa shape index (κ3) is 0.661. The molecule has 2 aliphatic rings. The topological polar surface area (TPSA) is 33.1 Å². The van der Waals surface area contributed by atoms with E-state index in [-0.39, 0.29) is 6.10 Å². The van der Waals surface area contributed by atoms with Crippen molar-refractivity contribution in [2.45, 2.75) is 30.8 Å². The molecule has 0 amide bonds. The lowest BCUT2D eigenvalue weighted by atomic mass is 9.92. The van der Waals surface area contributed by atoms with Crippen LogP contribution in [0, 0.1) is 0 Å². The Morgan fingerprint density at radius 1 is 1.33 bits per heavy atom. The molecule has 0 spiro atoms. The molecule has 62 valence electrons. The van der Waals surface area contributed by atoms with Gasteiger partial charge in [0.25, 0.3) is 0 Å². The Labute approximate surface area is 71.3 Å². The molecule has 1 fully saturated rings. The van der Waals surface area contributed by atoms with Crippen LogP contribution in [0.2, 0.25) is 0 Å². The summed E-state index contributed by atoms with van der Waals surface area (Å²) >= 11 is 0. The number of pyridine rings is 1. The van der Waals surface area contributed by atoms with Crippen molar-refractivity contribution in [3.63, 3.8) is 0 Å². The van der Waals surface area contributed by atoms with Crippen LogP contribution in [0.15, 0.2) is 18.5 Å². The number of fused-ring (bicyclic) bond motifs is 5. The van der Waals surface area contributed by atoms with Gasteiger partial charge in [0.2, 0.25) is 0 Å². The Morgan fingerprint density at radius 2 is 2.25 bits per heavy atom. The first-order valence-electron chi connectivity index (χ1n) is 4.48. The predicted octanol–water partition coefficient (Wildman–Crippen LogP) is 1.42. The second-order valence-electron chi connectivity index (χ2n) is 3.85. The average molecular weight is 161 g/mol. The summed E-state index contributed by atoms with van der Waals surface area (Å²) in [5.74, 6) is 1.00. The van der Waals surface area contributed by atoms with E-state index < -0.39 is 0 Å². The predicted molar refractivity (Wildman–Crippen MR) is 45.0 cm³/mol. The minimum Gasteiger partial charge on any atom is -0.392 e. The zero-order valence-corrected chi connectivity index (χ0v) is 6.77. The van der Waals surface area contributed by atoms with Gasteiger partial charge >= 0.3 is 0 Å². The molecule has 12 heavy (non-hydrogen) atoms. The highest BCUT2D eigenvalue weighted by Crippen LogP contribution is 2.52. The van der Waals surface area contributed by atoms with E-state index in [0.717, 1.165) is 12.8 Å². The van der Waals surface area contributed by atoms with Gasteiger partial charge in [0.15, 0.2) is 0 Å². The lowest BCUT2D eigenvalue weighted by Crippen LogP contribution is -2.15. The third-order valence-electron chi connectivity index (χ3n) is 3.26. The van der Waals surface area contributed by atoms with Crippen LogP contribution in [0.5, 0.6) is 0 Å². The van der Waals surface area contributed by atoms with Gasteiger partial charge in [0.1, 0.15) is 0 Å². The monoisotopic (exact) mass is 161 g/mol. The fourth-order valence-electron chi connectivity index (χ4n) is 2.70. The van der Waals surface area contributed by atoms with Crippen LogP contribution in [-0.2, 0) is 0 Å². The summed E-state index contributed by atoms with van der Waals surface area (Å²) in [6.07, 6.45) is 5.77. The summed E-state index contributed by atoms with van der Waals surface area (Å²) in [6.45, 7) is 0. The largest absolute Gasteiger partial charge is 0.392 e. The smallest absolute Gasteiger partial charge is 0.0615 e. The molecule has 3 unspecified atom stereocenters. The molecule has 2 aliphatic carbocycles. The van der Waals surface area contributed by atoms with E-state index in [4.69, 9.17) is 0 Å². The Hall–Kier alpha value is -0.890. The summed E-state index contributed by atoms with van der Waals surface area (Å²) in [7, 11) is 0. The highest BCUT2D eigenvalue weighted by Gasteiger charge is 2.42. The van der Waals surface area contributed by atoms with Crippen LogP contribution in [0.1, 0.15) is 35.8 Å². The Kier molecular flexibility index (Phi) is 1.14. The molecule has 3 rings (SSSR count). The van der Waals surface area contributed by atoms with Crippen molar-refractivity contribution in [3.05, 3.63) is 29.6 Å². The average Bonchev–Trinajstić information content (AvgIpc) is 2.62. The zero-order chi connectivity index (χ0) is 8.13. The van der Waals surface area contributed by atoms with E-state index in [1.807, 2.05) is 12.4 Å². The van der Waals surface area contributed by atoms with E-state index in [2.05, 4.69) is 11.1 Å². The van der Waals surface area contributed by atoms with Gasteiger partial charge in [0.05, 0.1) is 6.10 Å². The van der Waals surface area contributed by atoms with Crippen molar-refractivity contribution in [2.24, 2.45) is 0 Å². The second kappa shape index (κ2) is 2.07. The standard InChI is InChI=1S/C10H11NO/c12-10-4-6-3-8(10)9-5-11-2-1-7(6)9/h1-2,5-6,8,10,12H,3-4H2. The fraction of sp³-hybridized carbons (Fsp3) is 0.500. The SMILES string of the molecule is OC1CC2CC1c1cnccc12. The van der Waals surface area contributed by atoms with Crippen molar-refractivity contribution in [1.29, 1.82) is 0 Å². The summed E-state index contributed by atoms with van der Waals surface area (Å²) < 4.78 is 0. The normalized spacial score (nSPS) is 36.9. The van der Waals surface area contributed by atoms with Crippen molar-refractivity contribution < 1.29 is 5.11 Å². The Bertz CT molecular complexity index is 323. The molecule has 1 saturated carbocycles. The molecule has 2 bridgehead atoms. The van der Waals surface area contributed by atoms with Gasteiger partial charge < -0.3 is 5.11 Å². The maximum absolute atomic E-state index is 9.64. The molecule has 1 N–H and O–H groups in total. The highest BCUT2D eigenvalue weighted by molar-refractivity contribution is 5.40. The molecule has 2 nitrogen and oxygen atoms in total. The number of rotatable bonds is 0. The molecule has 3 atom stereocenters. The van der Waals surface area contributed by atoms with Crippen molar-refractivity contribution in [2.75, 3.05) is 0 Å². The summed E-state index contributed by atoms with van der Waals surface area (Å²) in [5, 5.41) is 9.64. The van der Waals surface area contributed by atoms with Gasteiger partial charge in [-0.05, 0) is 36.0 Å². The molecule has 0 radical (unpaired) electrons. The van der Waals surface area contributed by atoms with E-state index in [0.29, 0.717) is 11.8 Å². The van der Waals surface area contributed by atoms with Crippen LogP contribution in [0.3, 0.4) is 0 Å². The van der Waals surface area contributed by atoms with Gasteiger partial charge in [-0.1, -0.05) is 0 Å². The van der Waals surface area contributed by atoms with Crippen LogP contribution >= 0.6 is 0 Å². The summed E-state index contributed by atoms with van der Waals surface area (Å²) in [5.41, 5.74) is 2.72. The molecule has 1 heterocycles. The third-order valence-corrected chi connectivity index (χ3v) is 3.26. The lowest BCUT2D eigenvalue weighted by Gasteiger charge is -2.18. The van der Waals surface area contributed by atoms with Crippen molar-refractivity contribution in [3.8, 4) is 0 Å². The minimum absolute atomic E-state index is 0.105. The summed E-state index contributed by atoms with van der Waals surface area (Å²) in [4.78, 5) is 4.10. The van der Waals surface area contributed by atoms with Crippen molar-refractivity contribution >= 4 is 0 Å². The van der Waals surface area contributed by atoms with Crippen LogP contribution in [0.4, 0.5) is 0 Å². The van der Waals surface area contributed by atoms with Gasteiger partial charge in [0, 0.05) is 18.3 Å². The minimum atomic E-state index is -0.105. The number of hydrogen-bond donors (Lipinski definition) is 1. The van der Waals surface area contributed by atoms with Crippen LogP contribution in [0.25, 0.3) is 0 Å². The highest BCUT2D eigenvalue weighted by atomic mass is 16.3. The molecule has 1 aromatic rings. The molecule has 2 heteroatoms. The molecule has 1 aromatic heterocycles. The first kappa shape index (κ1) is 6.61. The lowest BCUT2D eigenvalue weighted by molar-refractivity contribution is 0.158. The van der Waals surface area contributed by atoms with Crippen LogP contribution in [-0.4, -0.2) is 16.2 Å². The Morgan fingerprint density at radius 3 is 3.17 bits per heavy atom. The zero-order valence-electron chi connectivity index (χ0n) is 6.77. The van der Waals surface area contributed by atoms with Crippen LogP contribution < -0.4 is 0 Å². The van der Waals surface area contributed by atoms with E-state index in [9.17, 15) is 5.11 Å². The molecule has 0 saturated heterocycles.